The average Bonchev–Trinajstić information content (AvgIpc) is 2.78. The van der Waals surface area contributed by atoms with Gasteiger partial charge in [-0.1, -0.05) is 36.4 Å². The summed E-state index contributed by atoms with van der Waals surface area (Å²) in [6.45, 7) is 2.20. The van der Waals surface area contributed by atoms with Crippen LogP contribution in [0.5, 0.6) is 0 Å². The van der Waals surface area contributed by atoms with E-state index in [2.05, 4.69) is 5.32 Å². The minimum absolute atomic E-state index is 0.202. The second-order valence-electron chi connectivity index (χ2n) is 7.53. The smallest absolute Gasteiger partial charge is 0.264 e. The first-order chi connectivity index (χ1) is 14.7. The van der Waals surface area contributed by atoms with Crippen LogP contribution in [0, 0.1) is 6.92 Å². The van der Waals surface area contributed by atoms with Crippen molar-refractivity contribution in [3.63, 3.8) is 0 Å². The van der Waals surface area contributed by atoms with Crippen LogP contribution in [0.4, 0.5) is 11.4 Å². The predicted molar refractivity (Wildman–Crippen MR) is 125 cm³/mol. The molecule has 3 aromatic rings. The van der Waals surface area contributed by atoms with Crippen LogP contribution in [0.25, 0.3) is 0 Å². The van der Waals surface area contributed by atoms with Crippen LogP contribution in [-0.4, -0.2) is 35.5 Å². The predicted octanol–water partition coefficient (Wildman–Crippen LogP) is 3.82. The van der Waals surface area contributed by atoms with E-state index in [0.717, 1.165) is 16.8 Å². The molecule has 0 saturated carbocycles. The zero-order valence-electron chi connectivity index (χ0n) is 18.2. The summed E-state index contributed by atoms with van der Waals surface area (Å²) in [5.74, 6) is -0.261. The number of hydrogen-bond donors (Lipinski definition) is 1. The first kappa shape index (κ1) is 22.4. The van der Waals surface area contributed by atoms with E-state index in [0.29, 0.717) is 17.8 Å². The molecular formula is C24H27N3O3S. The van der Waals surface area contributed by atoms with Crippen LogP contribution >= 0.6 is 0 Å². The van der Waals surface area contributed by atoms with E-state index in [-0.39, 0.29) is 10.8 Å². The van der Waals surface area contributed by atoms with E-state index in [1.165, 1.54) is 11.4 Å². The van der Waals surface area contributed by atoms with Gasteiger partial charge < -0.3 is 10.2 Å². The Labute approximate surface area is 184 Å². The lowest BCUT2D eigenvalue weighted by Gasteiger charge is -2.22. The molecule has 3 rings (SSSR count). The molecule has 31 heavy (non-hydrogen) atoms. The third-order valence-corrected chi connectivity index (χ3v) is 6.90. The van der Waals surface area contributed by atoms with Crippen molar-refractivity contribution in [2.75, 3.05) is 30.3 Å². The molecule has 0 aliphatic heterocycles. The third kappa shape index (κ3) is 5.06. The number of anilines is 2. The van der Waals surface area contributed by atoms with Crippen molar-refractivity contribution in [1.29, 1.82) is 0 Å². The summed E-state index contributed by atoms with van der Waals surface area (Å²) in [5.41, 5.74) is 3.70. The lowest BCUT2D eigenvalue weighted by atomic mass is 10.1. The first-order valence-corrected chi connectivity index (χ1v) is 11.3. The summed E-state index contributed by atoms with van der Waals surface area (Å²) >= 11 is 0. The summed E-state index contributed by atoms with van der Waals surface area (Å²) in [6.07, 6.45) is 0. The first-order valence-electron chi connectivity index (χ1n) is 9.89. The molecule has 6 nitrogen and oxygen atoms in total. The number of carbonyl (C=O) groups is 1. The molecule has 0 saturated heterocycles. The molecule has 0 fully saturated rings. The van der Waals surface area contributed by atoms with Crippen molar-refractivity contribution in [3.8, 4) is 0 Å². The number of aryl methyl sites for hydroxylation is 1. The molecule has 0 spiro atoms. The fourth-order valence-corrected chi connectivity index (χ4v) is 4.44. The highest BCUT2D eigenvalue weighted by Crippen LogP contribution is 2.26. The van der Waals surface area contributed by atoms with Crippen LogP contribution in [0.2, 0.25) is 0 Å². The largest absolute Gasteiger partial charge is 0.378 e. The Kier molecular flexibility index (Phi) is 6.65. The molecule has 3 aromatic carbocycles. The lowest BCUT2D eigenvalue weighted by Crippen LogP contribution is -2.28. The van der Waals surface area contributed by atoms with Crippen LogP contribution in [0.3, 0.4) is 0 Å². The monoisotopic (exact) mass is 437 g/mol. The SMILES string of the molecule is Cc1ccc(C(=O)NCc2ccc(N(C)C)cc2)cc1N(C)S(=O)(=O)c1ccccc1. The Morgan fingerprint density at radius 2 is 1.55 bits per heavy atom. The highest BCUT2D eigenvalue weighted by Gasteiger charge is 2.23. The van der Waals surface area contributed by atoms with E-state index in [1.54, 1.807) is 48.5 Å². The Hall–Kier alpha value is -3.32. The topological polar surface area (TPSA) is 69.7 Å². The van der Waals surface area contributed by atoms with E-state index >= 15 is 0 Å². The molecule has 0 radical (unpaired) electrons. The van der Waals surface area contributed by atoms with Crippen molar-refractivity contribution < 1.29 is 13.2 Å². The molecule has 0 aliphatic carbocycles. The van der Waals surface area contributed by atoms with Crippen LogP contribution < -0.4 is 14.5 Å². The van der Waals surface area contributed by atoms with Gasteiger partial charge >= 0.3 is 0 Å². The Morgan fingerprint density at radius 1 is 0.903 bits per heavy atom. The van der Waals surface area contributed by atoms with Gasteiger partial charge in [-0.15, -0.1) is 0 Å². The fraction of sp³-hybridized carbons (Fsp3) is 0.208. The molecular weight excluding hydrogens is 410 g/mol. The van der Waals surface area contributed by atoms with Crippen LogP contribution in [0.15, 0.2) is 77.7 Å². The van der Waals surface area contributed by atoms with Crippen LogP contribution in [0.1, 0.15) is 21.5 Å². The van der Waals surface area contributed by atoms with E-state index < -0.39 is 10.0 Å². The molecule has 162 valence electrons. The molecule has 0 heterocycles. The highest BCUT2D eigenvalue weighted by atomic mass is 32.2. The minimum Gasteiger partial charge on any atom is -0.378 e. The fourth-order valence-electron chi connectivity index (χ4n) is 3.17. The van der Waals surface area contributed by atoms with Crippen molar-refractivity contribution in [3.05, 3.63) is 89.5 Å². The standard InChI is InChI=1S/C24H27N3O3S/c1-18-10-13-20(24(28)25-17-19-11-14-21(15-12-19)26(2)3)16-23(18)27(4)31(29,30)22-8-6-5-7-9-22/h5-16H,17H2,1-4H3,(H,25,28). The van der Waals surface area contributed by atoms with Gasteiger partial charge in [0.25, 0.3) is 15.9 Å². The zero-order chi connectivity index (χ0) is 22.6. The molecule has 0 aliphatic rings. The van der Waals surface area contributed by atoms with Gasteiger partial charge in [-0.3, -0.25) is 9.10 Å². The molecule has 1 N–H and O–H groups in total. The summed E-state index contributed by atoms with van der Waals surface area (Å²) < 4.78 is 27.2. The number of amides is 1. The van der Waals surface area contributed by atoms with Crippen LogP contribution in [-0.2, 0) is 16.6 Å². The summed E-state index contributed by atoms with van der Waals surface area (Å²) in [4.78, 5) is 14.9. The average molecular weight is 438 g/mol. The molecule has 0 aromatic heterocycles. The van der Waals surface area contributed by atoms with Gasteiger partial charge in [0.1, 0.15) is 0 Å². The second kappa shape index (κ2) is 9.22. The van der Waals surface area contributed by atoms with Gasteiger partial charge in [-0.25, -0.2) is 8.42 Å². The normalized spacial score (nSPS) is 11.1. The van der Waals surface area contributed by atoms with Crippen molar-refractivity contribution in [1.82, 2.24) is 5.32 Å². The summed E-state index contributed by atoms with van der Waals surface area (Å²) in [7, 11) is 1.72. The molecule has 7 heteroatoms. The number of hydrogen-bond acceptors (Lipinski definition) is 4. The van der Waals surface area contributed by atoms with E-state index in [9.17, 15) is 13.2 Å². The highest BCUT2D eigenvalue weighted by molar-refractivity contribution is 7.92. The second-order valence-corrected chi connectivity index (χ2v) is 9.50. The Morgan fingerprint density at radius 3 is 2.16 bits per heavy atom. The maximum absolute atomic E-state index is 13.0. The number of carbonyl (C=O) groups excluding carboxylic acids is 1. The Balaban J connectivity index is 1.77. The molecule has 1 amide bonds. The van der Waals surface area contributed by atoms with Gasteiger partial charge in [0, 0.05) is 38.9 Å². The van der Waals surface area contributed by atoms with Crippen molar-refractivity contribution >= 4 is 27.3 Å². The number of nitrogens with zero attached hydrogens (tertiary/aromatic N) is 2. The van der Waals surface area contributed by atoms with Gasteiger partial charge in [0.2, 0.25) is 0 Å². The molecule has 0 atom stereocenters. The third-order valence-electron chi connectivity index (χ3n) is 5.12. The Bertz CT molecular complexity index is 1160. The zero-order valence-corrected chi connectivity index (χ0v) is 19.0. The van der Waals surface area contributed by atoms with Gasteiger partial charge in [-0.05, 0) is 54.4 Å². The van der Waals surface area contributed by atoms with Gasteiger partial charge in [-0.2, -0.15) is 0 Å². The molecule has 0 unspecified atom stereocenters. The summed E-state index contributed by atoms with van der Waals surface area (Å²) in [5, 5.41) is 2.90. The molecule has 0 bridgehead atoms. The van der Waals surface area contributed by atoms with Crippen molar-refractivity contribution in [2.24, 2.45) is 0 Å². The lowest BCUT2D eigenvalue weighted by molar-refractivity contribution is 0.0951. The van der Waals surface area contributed by atoms with Gasteiger partial charge in [0.15, 0.2) is 0 Å². The quantitative estimate of drug-likeness (QED) is 0.610. The number of benzene rings is 3. The van der Waals surface area contributed by atoms with Gasteiger partial charge in [0.05, 0.1) is 10.6 Å². The van der Waals surface area contributed by atoms with E-state index in [4.69, 9.17) is 0 Å². The number of nitrogens with one attached hydrogen (secondary N) is 1. The van der Waals surface area contributed by atoms with Crippen molar-refractivity contribution in [2.45, 2.75) is 18.4 Å². The maximum Gasteiger partial charge on any atom is 0.264 e. The van der Waals surface area contributed by atoms with E-state index in [1.807, 2.05) is 50.2 Å². The number of rotatable bonds is 7. The number of sulfonamides is 1. The summed E-state index contributed by atoms with van der Waals surface area (Å²) in [6, 6.07) is 21.2. The minimum atomic E-state index is -3.73. The maximum atomic E-state index is 13.0.